The number of nitrogens with one attached hydrogen (secondary N) is 2. The number of aliphatic imine (C=N–C) groups is 1. The highest BCUT2D eigenvalue weighted by Crippen LogP contribution is 2.19. The lowest BCUT2D eigenvalue weighted by Gasteiger charge is -2.14. The molecule has 0 aliphatic carbocycles. The molecule has 0 aliphatic heterocycles. The maximum atomic E-state index is 11.3. The largest absolute Gasteiger partial charge is 0.491 e. The molecule has 0 fully saturated rings. The van der Waals surface area contributed by atoms with Crippen LogP contribution in [0.1, 0.15) is 38.0 Å². The molecule has 0 amide bonds. The summed E-state index contributed by atoms with van der Waals surface area (Å²) in [6, 6.07) is 13.8. The van der Waals surface area contributed by atoms with Crippen molar-refractivity contribution in [2.24, 2.45) is 10.1 Å². The fourth-order valence-electron chi connectivity index (χ4n) is 2.84. The Morgan fingerprint density at radius 3 is 2.29 bits per heavy atom. The van der Waals surface area contributed by atoms with E-state index in [2.05, 4.69) is 15.6 Å². The van der Waals surface area contributed by atoms with Crippen LogP contribution in [0.25, 0.3) is 0 Å². The molecule has 0 saturated carbocycles. The number of nitrogens with two attached hydrogens (primary N) is 1. The van der Waals surface area contributed by atoms with Crippen LogP contribution in [0.5, 0.6) is 5.75 Å². The van der Waals surface area contributed by atoms with E-state index in [9.17, 15) is 13.5 Å². The summed E-state index contributed by atoms with van der Waals surface area (Å²) in [5.41, 5.74) is 1.74. The van der Waals surface area contributed by atoms with Gasteiger partial charge in [0, 0.05) is 13.1 Å². The van der Waals surface area contributed by atoms with Crippen molar-refractivity contribution >= 4 is 16.0 Å². The van der Waals surface area contributed by atoms with E-state index < -0.39 is 16.1 Å². The molecule has 2 aromatic carbocycles. The highest BCUT2D eigenvalue weighted by Gasteiger charge is 2.09. The lowest BCUT2D eigenvalue weighted by Crippen LogP contribution is -2.38. The lowest BCUT2D eigenvalue weighted by atomic mass is 10.1. The molecule has 0 aliphatic rings. The minimum Gasteiger partial charge on any atom is -0.491 e. The van der Waals surface area contributed by atoms with Gasteiger partial charge in [-0.3, -0.25) is 4.99 Å². The van der Waals surface area contributed by atoms with Crippen molar-refractivity contribution in [3.05, 3.63) is 59.7 Å². The molecule has 0 spiro atoms. The number of rotatable bonds is 10. The van der Waals surface area contributed by atoms with Crippen LogP contribution in [0.4, 0.5) is 0 Å². The maximum Gasteiger partial charge on any atom is 0.238 e. The molecule has 5 N–H and O–H groups in total. The van der Waals surface area contributed by atoms with Gasteiger partial charge in [-0.05, 0) is 62.6 Å². The van der Waals surface area contributed by atoms with Crippen molar-refractivity contribution in [2.45, 2.75) is 44.3 Å². The number of primary sulfonamides is 1. The Bertz CT molecular complexity index is 942. The number of hydrogen-bond acceptors (Lipinski definition) is 5. The zero-order valence-electron chi connectivity index (χ0n) is 18.2. The third-order valence-electron chi connectivity index (χ3n) is 4.36. The molecule has 170 valence electrons. The third-order valence-corrected chi connectivity index (χ3v) is 5.29. The van der Waals surface area contributed by atoms with E-state index in [4.69, 9.17) is 9.88 Å². The molecule has 0 radical (unpaired) electrons. The predicted molar refractivity (Wildman–Crippen MR) is 123 cm³/mol. The van der Waals surface area contributed by atoms with Crippen molar-refractivity contribution in [3.63, 3.8) is 0 Å². The zero-order chi connectivity index (χ0) is 22.9. The molecule has 9 heteroatoms. The van der Waals surface area contributed by atoms with Gasteiger partial charge in [0.05, 0.1) is 23.6 Å². The van der Waals surface area contributed by atoms with Crippen molar-refractivity contribution in [1.82, 2.24) is 10.6 Å². The Morgan fingerprint density at radius 2 is 1.74 bits per heavy atom. The van der Waals surface area contributed by atoms with E-state index in [0.717, 1.165) is 16.9 Å². The molecule has 0 aromatic heterocycles. The lowest BCUT2D eigenvalue weighted by molar-refractivity contribution is 0.186. The van der Waals surface area contributed by atoms with E-state index in [1.165, 1.54) is 12.1 Å². The van der Waals surface area contributed by atoms with E-state index in [1.54, 1.807) is 12.1 Å². The van der Waals surface area contributed by atoms with Crippen LogP contribution >= 0.6 is 0 Å². The summed E-state index contributed by atoms with van der Waals surface area (Å²) in [6.07, 6.45) is 0.0462. The number of nitrogens with zero attached hydrogens (tertiary/aromatic N) is 1. The summed E-state index contributed by atoms with van der Waals surface area (Å²) in [5.74, 6) is 1.36. The van der Waals surface area contributed by atoms with Crippen molar-refractivity contribution in [3.8, 4) is 5.75 Å². The summed E-state index contributed by atoms with van der Waals surface area (Å²) in [4.78, 5) is 4.55. The van der Waals surface area contributed by atoms with Crippen LogP contribution in [0.3, 0.4) is 0 Å². The Hall–Kier alpha value is -2.62. The SMILES string of the molecule is CCNC(=NCC(O)c1ccc(OC(C)C)cc1)NCCc1ccc(S(N)(=O)=O)cc1. The summed E-state index contributed by atoms with van der Waals surface area (Å²) in [5, 5.41) is 21.9. The number of hydrogen-bond donors (Lipinski definition) is 4. The summed E-state index contributed by atoms with van der Waals surface area (Å²) < 4.78 is 28.3. The fourth-order valence-corrected chi connectivity index (χ4v) is 3.35. The van der Waals surface area contributed by atoms with Crippen molar-refractivity contribution in [1.29, 1.82) is 0 Å². The molecule has 31 heavy (non-hydrogen) atoms. The summed E-state index contributed by atoms with van der Waals surface area (Å²) >= 11 is 0. The Balaban J connectivity index is 1.89. The van der Waals surface area contributed by atoms with Gasteiger partial charge in [0.25, 0.3) is 0 Å². The first-order chi connectivity index (χ1) is 14.7. The van der Waals surface area contributed by atoms with Gasteiger partial charge in [-0.25, -0.2) is 13.6 Å². The van der Waals surface area contributed by atoms with E-state index >= 15 is 0 Å². The number of aliphatic hydroxyl groups is 1. The van der Waals surface area contributed by atoms with Gasteiger partial charge >= 0.3 is 0 Å². The number of sulfonamides is 1. The summed E-state index contributed by atoms with van der Waals surface area (Å²) in [7, 11) is -3.68. The number of ether oxygens (including phenoxy) is 1. The van der Waals surface area contributed by atoms with Gasteiger partial charge < -0.3 is 20.5 Å². The van der Waals surface area contributed by atoms with Crippen LogP contribution in [0, 0.1) is 0 Å². The second-order valence-corrected chi connectivity index (χ2v) is 8.90. The first kappa shape index (κ1) is 24.6. The monoisotopic (exact) mass is 448 g/mol. The van der Waals surface area contributed by atoms with Crippen LogP contribution in [0.2, 0.25) is 0 Å². The Kier molecular flexibility index (Phi) is 9.29. The molecule has 0 bridgehead atoms. The van der Waals surface area contributed by atoms with Gasteiger partial charge in [0.1, 0.15) is 5.75 Å². The number of guanidine groups is 1. The fraction of sp³-hybridized carbons (Fsp3) is 0.409. The number of benzene rings is 2. The molecular weight excluding hydrogens is 416 g/mol. The normalized spacial score (nSPS) is 13.2. The maximum absolute atomic E-state index is 11.3. The minimum absolute atomic E-state index is 0.0944. The quantitative estimate of drug-likeness (QED) is 0.325. The predicted octanol–water partition coefficient (Wildman–Crippen LogP) is 1.95. The van der Waals surface area contributed by atoms with E-state index in [0.29, 0.717) is 25.5 Å². The molecule has 1 unspecified atom stereocenters. The second kappa shape index (κ2) is 11.7. The standard InChI is InChI=1S/C22H32N4O4S/c1-4-24-22(25-14-13-17-5-11-20(12-6-17)31(23,28)29)26-15-21(27)18-7-9-19(10-8-18)30-16(2)3/h5-12,16,21,27H,4,13-15H2,1-3H3,(H2,23,28,29)(H2,24,25,26). The van der Waals surface area contributed by atoms with Gasteiger partial charge in [-0.15, -0.1) is 0 Å². The topological polar surface area (TPSA) is 126 Å². The average molecular weight is 449 g/mol. The Labute approximate surface area is 184 Å². The molecule has 1 atom stereocenters. The van der Waals surface area contributed by atoms with Gasteiger partial charge in [0.15, 0.2) is 5.96 Å². The molecule has 8 nitrogen and oxygen atoms in total. The smallest absolute Gasteiger partial charge is 0.238 e. The van der Waals surface area contributed by atoms with E-state index in [1.807, 2.05) is 45.0 Å². The first-order valence-corrected chi connectivity index (χ1v) is 11.8. The van der Waals surface area contributed by atoms with E-state index in [-0.39, 0.29) is 17.5 Å². The van der Waals surface area contributed by atoms with Gasteiger partial charge in [-0.2, -0.15) is 0 Å². The van der Waals surface area contributed by atoms with Crippen molar-refractivity contribution < 1.29 is 18.3 Å². The Morgan fingerprint density at radius 1 is 1.10 bits per heavy atom. The zero-order valence-corrected chi connectivity index (χ0v) is 19.0. The van der Waals surface area contributed by atoms with Gasteiger partial charge in [-0.1, -0.05) is 24.3 Å². The molecule has 2 rings (SSSR count). The highest BCUT2D eigenvalue weighted by molar-refractivity contribution is 7.89. The number of aliphatic hydroxyl groups excluding tert-OH is 1. The van der Waals surface area contributed by atoms with Crippen molar-refractivity contribution in [2.75, 3.05) is 19.6 Å². The van der Waals surface area contributed by atoms with Crippen LogP contribution < -0.4 is 20.5 Å². The van der Waals surface area contributed by atoms with Gasteiger partial charge in [0.2, 0.25) is 10.0 Å². The highest BCUT2D eigenvalue weighted by atomic mass is 32.2. The second-order valence-electron chi connectivity index (χ2n) is 7.34. The average Bonchev–Trinajstić information content (AvgIpc) is 2.71. The van der Waals surface area contributed by atoms with Crippen LogP contribution in [-0.2, 0) is 16.4 Å². The minimum atomic E-state index is -3.68. The molecule has 0 heterocycles. The third kappa shape index (κ3) is 8.56. The molecule has 2 aromatic rings. The van der Waals surface area contributed by atoms with Crippen LogP contribution in [-0.4, -0.2) is 45.2 Å². The molecular formula is C22H32N4O4S. The molecule has 0 saturated heterocycles. The van der Waals surface area contributed by atoms with Crippen LogP contribution in [0.15, 0.2) is 58.4 Å². The first-order valence-electron chi connectivity index (χ1n) is 10.3. The summed E-state index contributed by atoms with van der Waals surface area (Å²) in [6.45, 7) is 7.39.